The molecule has 1 aliphatic heterocycles. The molecule has 2 nitrogen and oxygen atoms in total. The van der Waals surface area contributed by atoms with Crippen molar-refractivity contribution in [2.75, 3.05) is 10.6 Å². The second kappa shape index (κ2) is 5.75. The van der Waals surface area contributed by atoms with Gasteiger partial charge in [-0.1, -0.05) is 40.5 Å². The minimum Gasteiger partial charge on any atom is -0.357 e. The van der Waals surface area contributed by atoms with Gasteiger partial charge in [0.25, 0.3) is 0 Å². The summed E-state index contributed by atoms with van der Waals surface area (Å²) < 4.78 is 0. The van der Waals surface area contributed by atoms with Crippen LogP contribution >= 0.6 is 27.7 Å². The van der Waals surface area contributed by atoms with Gasteiger partial charge in [-0.2, -0.15) is 0 Å². The predicted molar refractivity (Wildman–Crippen MR) is 69.8 cm³/mol. The SMILES string of the molecule is BrCCCCCC1Nc2ncccc2S1. The van der Waals surface area contributed by atoms with E-state index in [0.29, 0.717) is 5.37 Å². The van der Waals surface area contributed by atoms with Crippen molar-refractivity contribution >= 4 is 33.5 Å². The van der Waals surface area contributed by atoms with E-state index in [1.807, 2.05) is 24.0 Å². The van der Waals surface area contributed by atoms with Gasteiger partial charge in [0.1, 0.15) is 5.82 Å². The number of fused-ring (bicyclic) bond motifs is 1. The van der Waals surface area contributed by atoms with Crippen LogP contribution in [0.15, 0.2) is 23.2 Å². The van der Waals surface area contributed by atoms with Crippen LogP contribution in [-0.2, 0) is 0 Å². The number of nitrogens with zero attached hydrogens (tertiary/aromatic N) is 1. The van der Waals surface area contributed by atoms with E-state index in [2.05, 4.69) is 32.3 Å². The summed E-state index contributed by atoms with van der Waals surface area (Å²) in [7, 11) is 0. The van der Waals surface area contributed by atoms with Gasteiger partial charge >= 0.3 is 0 Å². The molecule has 82 valence electrons. The maximum absolute atomic E-state index is 4.31. The summed E-state index contributed by atoms with van der Waals surface area (Å²) >= 11 is 5.36. The molecule has 0 aliphatic carbocycles. The number of halogens is 1. The topological polar surface area (TPSA) is 24.9 Å². The zero-order valence-corrected chi connectivity index (χ0v) is 11.0. The first-order valence-electron chi connectivity index (χ1n) is 5.34. The number of thioether (sulfide) groups is 1. The largest absolute Gasteiger partial charge is 0.357 e. The molecule has 0 spiro atoms. The molecular formula is C11H15BrN2S. The van der Waals surface area contributed by atoms with Crippen molar-refractivity contribution < 1.29 is 0 Å². The molecule has 0 saturated heterocycles. The highest BCUT2D eigenvalue weighted by molar-refractivity contribution is 9.09. The highest BCUT2D eigenvalue weighted by Crippen LogP contribution is 2.38. The van der Waals surface area contributed by atoms with Crippen LogP contribution in [0.4, 0.5) is 5.82 Å². The van der Waals surface area contributed by atoms with Crippen molar-refractivity contribution in [2.24, 2.45) is 0 Å². The number of unbranched alkanes of at least 4 members (excludes halogenated alkanes) is 2. The average molecular weight is 287 g/mol. The number of anilines is 1. The van der Waals surface area contributed by atoms with Crippen molar-refractivity contribution in [3.63, 3.8) is 0 Å². The predicted octanol–water partition coefficient (Wildman–Crippen LogP) is 3.88. The molecule has 0 saturated carbocycles. The molecular weight excluding hydrogens is 272 g/mol. The fourth-order valence-electron chi connectivity index (χ4n) is 1.66. The fourth-order valence-corrected chi connectivity index (χ4v) is 3.20. The van der Waals surface area contributed by atoms with Gasteiger partial charge in [0.2, 0.25) is 0 Å². The van der Waals surface area contributed by atoms with Crippen LogP contribution in [0, 0.1) is 0 Å². The van der Waals surface area contributed by atoms with Crippen molar-refractivity contribution in [1.29, 1.82) is 0 Å². The Hall–Kier alpha value is -0.220. The van der Waals surface area contributed by atoms with Crippen molar-refractivity contribution in [3.8, 4) is 0 Å². The lowest BCUT2D eigenvalue weighted by Crippen LogP contribution is -2.09. The molecule has 0 amide bonds. The van der Waals surface area contributed by atoms with E-state index < -0.39 is 0 Å². The Morgan fingerprint density at radius 2 is 2.33 bits per heavy atom. The van der Waals surface area contributed by atoms with E-state index >= 15 is 0 Å². The molecule has 2 heterocycles. The minimum absolute atomic E-state index is 0.533. The highest BCUT2D eigenvalue weighted by Gasteiger charge is 2.20. The van der Waals surface area contributed by atoms with Gasteiger partial charge in [-0.15, -0.1) is 0 Å². The van der Waals surface area contributed by atoms with Gasteiger partial charge in [0.05, 0.1) is 10.3 Å². The molecule has 2 rings (SSSR count). The molecule has 1 aromatic rings. The van der Waals surface area contributed by atoms with E-state index in [9.17, 15) is 0 Å². The minimum atomic E-state index is 0.533. The number of alkyl halides is 1. The molecule has 0 bridgehead atoms. The lowest BCUT2D eigenvalue weighted by Gasteiger charge is -2.08. The van der Waals surface area contributed by atoms with E-state index in [1.165, 1.54) is 30.6 Å². The monoisotopic (exact) mass is 286 g/mol. The molecule has 0 radical (unpaired) electrons. The number of hydrogen-bond acceptors (Lipinski definition) is 3. The van der Waals surface area contributed by atoms with E-state index in [1.54, 1.807) is 0 Å². The summed E-state index contributed by atoms with van der Waals surface area (Å²) in [4.78, 5) is 5.61. The Morgan fingerprint density at radius 1 is 1.40 bits per heavy atom. The molecule has 0 aromatic carbocycles. The number of hydrogen-bond donors (Lipinski definition) is 1. The second-order valence-electron chi connectivity index (χ2n) is 3.64. The van der Waals surface area contributed by atoms with Gasteiger partial charge < -0.3 is 5.32 Å². The second-order valence-corrected chi connectivity index (χ2v) is 5.68. The molecule has 1 N–H and O–H groups in total. The first-order valence-corrected chi connectivity index (χ1v) is 7.34. The van der Waals surface area contributed by atoms with Crippen LogP contribution < -0.4 is 5.32 Å². The zero-order chi connectivity index (χ0) is 10.5. The van der Waals surface area contributed by atoms with Gasteiger partial charge in [-0.3, -0.25) is 0 Å². The zero-order valence-electron chi connectivity index (χ0n) is 8.58. The normalized spacial score (nSPS) is 18.6. The average Bonchev–Trinajstić information content (AvgIpc) is 2.67. The maximum atomic E-state index is 4.31. The number of rotatable bonds is 5. The summed E-state index contributed by atoms with van der Waals surface area (Å²) in [6, 6.07) is 4.14. The molecule has 1 unspecified atom stereocenters. The van der Waals surface area contributed by atoms with Crippen LogP contribution in [0.2, 0.25) is 0 Å². The number of aromatic nitrogens is 1. The summed E-state index contributed by atoms with van der Waals surface area (Å²) in [5, 5.41) is 5.11. The highest BCUT2D eigenvalue weighted by atomic mass is 79.9. The number of pyridine rings is 1. The van der Waals surface area contributed by atoms with E-state index in [0.717, 1.165) is 11.1 Å². The lowest BCUT2D eigenvalue weighted by molar-refractivity contribution is 0.675. The van der Waals surface area contributed by atoms with Gasteiger partial charge in [-0.25, -0.2) is 4.98 Å². The molecule has 15 heavy (non-hydrogen) atoms. The Morgan fingerprint density at radius 3 is 3.13 bits per heavy atom. The third-order valence-corrected chi connectivity index (χ3v) is 4.22. The first-order chi connectivity index (χ1) is 7.40. The van der Waals surface area contributed by atoms with Crippen LogP contribution in [0.5, 0.6) is 0 Å². The van der Waals surface area contributed by atoms with Gasteiger partial charge in [-0.05, 0) is 25.0 Å². The van der Waals surface area contributed by atoms with Crippen molar-refractivity contribution in [1.82, 2.24) is 4.98 Å². The molecule has 0 fully saturated rings. The number of nitrogens with one attached hydrogen (secondary N) is 1. The van der Waals surface area contributed by atoms with E-state index in [-0.39, 0.29) is 0 Å². The van der Waals surface area contributed by atoms with Crippen LogP contribution in [-0.4, -0.2) is 15.7 Å². The summed E-state index contributed by atoms with van der Waals surface area (Å²) in [6.07, 6.45) is 6.97. The Kier molecular flexibility index (Phi) is 4.32. The molecule has 4 heteroatoms. The molecule has 1 aromatic heterocycles. The smallest absolute Gasteiger partial charge is 0.140 e. The first kappa shape index (κ1) is 11.3. The van der Waals surface area contributed by atoms with E-state index in [4.69, 9.17) is 0 Å². The van der Waals surface area contributed by atoms with Crippen molar-refractivity contribution in [2.45, 2.75) is 36.0 Å². The molecule has 1 aliphatic rings. The van der Waals surface area contributed by atoms with Crippen LogP contribution in [0.1, 0.15) is 25.7 Å². The summed E-state index contributed by atoms with van der Waals surface area (Å²) in [5.41, 5.74) is 0. The standard InChI is InChI=1S/C11H15BrN2S/c12-7-3-1-2-6-10-14-11-9(15-10)5-4-8-13-11/h4-5,8,10H,1-3,6-7H2,(H,13,14). The third kappa shape index (κ3) is 3.11. The van der Waals surface area contributed by atoms with Gasteiger partial charge in [0, 0.05) is 11.5 Å². The van der Waals surface area contributed by atoms with Crippen LogP contribution in [0.25, 0.3) is 0 Å². The third-order valence-electron chi connectivity index (χ3n) is 2.44. The lowest BCUT2D eigenvalue weighted by atomic mass is 10.2. The van der Waals surface area contributed by atoms with Crippen LogP contribution in [0.3, 0.4) is 0 Å². The fraction of sp³-hybridized carbons (Fsp3) is 0.545. The Balaban J connectivity index is 1.76. The summed E-state index contributed by atoms with van der Waals surface area (Å²) in [6.45, 7) is 0. The van der Waals surface area contributed by atoms with Gasteiger partial charge in [0.15, 0.2) is 0 Å². The quantitative estimate of drug-likeness (QED) is 0.657. The Bertz CT molecular complexity index is 294. The maximum Gasteiger partial charge on any atom is 0.140 e. The Labute approximate surface area is 103 Å². The summed E-state index contributed by atoms with van der Waals surface area (Å²) in [5.74, 6) is 1.06. The molecule has 1 atom stereocenters. The van der Waals surface area contributed by atoms with Crippen molar-refractivity contribution in [3.05, 3.63) is 18.3 Å².